The van der Waals surface area contributed by atoms with E-state index in [1.807, 2.05) is 26.2 Å². The van der Waals surface area contributed by atoms with Gasteiger partial charge < -0.3 is 9.88 Å². The van der Waals surface area contributed by atoms with Crippen molar-refractivity contribution in [3.63, 3.8) is 0 Å². The number of nitrogens with one attached hydrogen (secondary N) is 1. The van der Waals surface area contributed by atoms with Crippen LogP contribution in [0.5, 0.6) is 0 Å². The van der Waals surface area contributed by atoms with Crippen LogP contribution in [-0.2, 0) is 0 Å². The highest BCUT2D eigenvalue weighted by molar-refractivity contribution is 7.98. The fourth-order valence-electron chi connectivity index (χ4n) is 2.21. The normalized spacial score (nSPS) is 10.9. The fourth-order valence-corrected chi connectivity index (χ4v) is 2.62. The van der Waals surface area contributed by atoms with E-state index < -0.39 is 0 Å². The highest BCUT2D eigenvalue weighted by Crippen LogP contribution is 2.28. The second-order valence-electron chi connectivity index (χ2n) is 4.59. The molecule has 0 aliphatic carbocycles. The second kappa shape index (κ2) is 5.17. The first-order valence-corrected chi connectivity index (χ1v) is 7.61. The van der Waals surface area contributed by atoms with Crippen LogP contribution < -0.4 is 4.90 Å². The van der Waals surface area contributed by atoms with Gasteiger partial charge in [-0.2, -0.15) is 0 Å². The molecule has 3 rings (SSSR count). The number of aryl methyl sites for hydroxylation is 1. The lowest BCUT2D eigenvalue weighted by molar-refractivity contribution is 1.04. The molecular weight excluding hydrogens is 268 g/mol. The number of hydrogen-bond acceptors (Lipinski definition) is 4. The van der Waals surface area contributed by atoms with Crippen molar-refractivity contribution in [2.45, 2.75) is 11.8 Å². The van der Waals surface area contributed by atoms with Crippen LogP contribution in [0.25, 0.3) is 11.0 Å². The molecule has 0 aliphatic rings. The van der Waals surface area contributed by atoms with Crippen LogP contribution in [-0.4, -0.2) is 28.3 Å². The third kappa shape index (κ3) is 2.25. The van der Waals surface area contributed by atoms with Crippen molar-refractivity contribution < 1.29 is 0 Å². The van der Waals surface area contributed by atoms with E-state index in [-0.39, 0.29) is 0 Å². The van der Waals surface area contributed by atoms with E-state index in [4.69, 9.17) is 0 Å². The predicted molar refractivity (Wildman–Crippen MR) is 84.9 cm³/mol. The molecule has 0 atom stereocenters. The molecule has 4 nitrogen and oxygen atoms in total. The van der Waals surface area contributed by atoms with Crippen molar-refractivity contribution in [3.8, 4) is 0 Å². The van der Waals surface area contributed by atoms with Crippen LogP contribution in [0.4, 0.5) is 11.5 Å². The van der Waals surface area contributed by atoms with Crippen molar-refractivity contribution in [3.05, 3.63) is 42.4 Å². The van der Waals surface area contributed by atoms with Crippen molar-refractivity contribution in [2.24, 2.45) is 0 Å². The topological polar surface area (TPSA) is 44.8 Å². The van der Waals surface area contributed by atoms with E-state index in [2.05, 4.69) is 50.4 Å². The number of thioether (sulfide) groups is 1. The van der Waals surface area contributed by atoms with Gasteiger partial charge in [-0.3, -0.25) is 0 Å². The molecule has 3 aromatic rings. The first-order chi connectivity index (χ1) is 9.69. The summed E-state index contributed by atoms with van der Waals surface area (Å²) < 4.78 is 0. The van der Waals surface area contributed by atoms with Crippen LogP contribution in [0.1, 0.15) is 5.82 Å². The Balaban J connectivity index is 2.06. The average molecular weight is 284 g/mol. The first-order valence-electron chi connectivity index (χ1n) is 6.38. The van der Waals surface area contributed by atoms with Crippen LogP contribution in [0.15, 0.2) is 41.4 Å². The Morgan fingerprint density at radius 2 is 1.85 bits per heavy atom. The maximum Gasteiger partial charge on any atom is 0.160 e. The average Bonchev–Trinajstić information content (AvgIpc) is 2.94. The molecule has 0 saturated heterocycles. The van der Waals surface area contributed by atoms with Gasteiger partial charge in [0.05, 0.1) is 5.52 Å². The van der Waals surface area contributed by atoms with E-state index in [1.54, 1.807) is 11.8 Å². The number of anilines is 2. The Bertz CT molecular complexity index is 733. The highest BCUT2D eigenvalue weighted by atomic mass is 32.2. The van der Waals surface area contributed by atoms with Gasteiger partial charge in [-0.1, -0.05) is 0 Å². The predicted octanol–water partition coefficient (Wildman–Crippen LogP) is 3.76. The molecule has 102 valence electrons. The fraction of sp³-hybridized carbons (Fsp3) is 0.200. The molecule has 0 aliphatic heterocycles. The standard InChI is InChI=1S/C15H16N4S/c1-10-17-13-8-9-16-14(13)15(18-10)19(2)11-4-6-12(20-3)7-5-11/h4-9,16H,1-3H3. The smallest absolute Gasteiger partial charge is 0.160 e. The lowest BCUT2D eigenvalue weighted by atomic mass is 10.3. The molecule has 0 fully saturated rings. The summed E-state index contributed by atoms with van der Waals surface area (Å²) in [5.74, 6) is 1.68. The monoisotopic (exact) mass is 284 g/mol. The van der Waals surface area contributed by atoms with Crippen LogP contribution >= 0.6 is 11.8 Å². The lowest BCUT2D eigenvalue weighted by Gasteiger charge is -2.19. The largest absolute Gasteiger partial charge is 0.357 e. The minimum atomic E-state index is 0.777. The van der Waals surface area contributed by atoms with Gasteiger partial charge in [-0.25, -0.2) is 9.97 Å². The summed E-state index contributed by atoms with van der Waals surface area (Å²) >= 11 is 1.74. The van der Waals surface area contributed by atoms with Crippen LogP contribution in [0, 0.1) is 6.92 Å². The number of H-pyrrole nitrogens is 1. The van der Waals surface area contributed by atoms with Crippen molar-refractivity contribution in [1.29, 1.82) is 0 Å². The van der Waals surface area contributed by atoms with Gasteiger partial charge in [-0.15, -0.1) is 11.8 Å². The first kappa shape index (κ1) is 13.0. The number of aromatic amines is 1. The maximum atomic E-state index is 4.57. The van der Waals surface area contributed by atoms with Crippen LogP contribution in [0.2, 0.25) is 0 Å². The van der Waals surface area contributed by atoms with E-state index in [1.165, 1.54) is 4.90 Å². The number of hydrogen-bond donors (Lipinski definition) is 1. The summed E-state index contributed by atoms with van der Waals surface area (Å²) in [6, 6.07) is 10.4. The zero-order valence-corrected chi connectivity index (χ0v) is 12.5. The number of benzene rings is 1. The molecule has 20 heavy (non-hydrogen) atoms. The summed E-state index contributed by atoms with van der Waals surface area (Å²) in [7, 11) is 2.02. The van der Waals surface area contributed by atoms with Crippen molar-refractivity contribution in [1.82, 2.24) is 15.0 Å². The molecular formula is C15H16N4S. The second-order valence-corrected chi connectivity index (χ2v) is 5.47. The molecule has 0 bridgehead atoms. The van der Waals surface area contributed by atoms with Gasteiger partial charge in [0.1, 0.15) is 11.3 Å². The van der Waals surface area contributed by atoms with E-state index in [0.717, 1.165) is 28.4 Å². The summed E-state index contributed by atoms with van der Waals surface area (Å²) in [4.78, 5) is 15.6. The van der Waals surface area contributed by atoms with E-state index in [0.29, 0.717) is 0 Å². The minimum absolute atomic E-state index is 0.777. The number of fused-ring (bicyclic) bond motifs is 1. The number of rotatable bonds is 3. The lowest BCUT2D eigenvalue weighted by Crippen LogP contribution is -2.12. The van der Waals surface area contributed by atoms with E-state index in [9.17, 15) is 0 Å². The summed E-state index contributed by atoms with van der Waals surface area (Å²) in [6.45, 7) is 1.92. The Kier molecular flexibility index (Phi) is 3.36. The van der Waals surface area contributed by atoms with Gasteiger partial charge in [-0.05, 0) is 43.5 Å². The third-order valence-electron chi connectivity index (χ3n) is 3.28. The number of aromatic nitrogens is 3. The molecule has 5 heteroatoms. The summed E-state index contributed by atoms with van der Waals surface area (Å²) in [5, 5.41) is 0. The molecule has 2 aromatic heterocycles. The van der Waals surface area contributed by atoms with Gasteiger partial charge in [0.15, 0.2) is 5.82 Å². The molecule has 1 N–H and O–H groups in total. The molecule has 0 unspecified atom stereocenters. The minimum Gasteiger partial charge on any atom is -0.357 e. The zero-order chi connectivity index (χ0) is 14.1. The Hall–Kier alpha value is -2.01. The SMILES string of the molecule is CSc1ccc(N(C)c2nc(C)nc3cc[nH]c23)cc1. The third-order valence-corrected chi connectivity index (χ3v) is 4.02. The highest BCUT2D eigenvalue weighted by Gasteiger charge is 2.12. The maximum absolute atomic E-state index is 4.57. The molecule has 0 spiro atoms. The molecule has 1 aromatic carbocycles. The molecule has 0 saturated carbocycles. The van der Waals surface area contributed by atoms with Gasteiger partial charge >= 0.3 is 0 Å². The van der Waals surface area contributed by atoms with Crippen LogP contribution in [0.3, 0.4) is 0 Å². The summed E-state index contributed by atoms with van der Waals surface area (Å²) in [5.41, 5.74) is 3.02. The quantitative estimate of drug-likeness (QED) is 0.744. The Morgan fingerprint density at radius 3 is 2.55 bits per heavy atom. The van der Waals surface area contributed by atoms with Gasteiger partial charge in [0.25, 0.3) is 0 Å². The molecule has 0 radical (unpaired) electrons. The van der Waals surface area contributed by atoms with Crippen molar-refractivity contribution >= 4 is 34.3 Å². The molecule has 2 heterocycles. The zero-order valence-electron chi connectivity index (χ0n) is 11.7. The Morgan fingerprint density at radius 1 is 1.10 bits per heavy atom. The van der Waals surface area contributed by atoms with E-state index >= 15 is 0 Å². The van der Waals surface area contributed by atoms with Gasteiger partial charge in [0, 0.05) is 23.8 Å². The van der Waals surface area contributed by atoms with Gasteiger partial charge in [0.2, 0.25) is 0 Å². The van der Waals surface area contributed by atoms with Crippen molar-refractivity contribution in [2.75, 3.05) is 18.2 Å². The summed E-state index contributed by atoms with van der Waals surface area (Å²) in [6.07, 6.45) is 3.97. The Labute approximate surface area is 122 Å². The number of nitrogens with zero attached hydrogens (tertiary/aromatic N) is 3. The molecule has 0 amide bonds.